The molecular weight excluding hydrogens is 220 g/mol. The van der Waals surface area contributed by atoms with Crippen molar-refractivity contribution < 1.29 is 14.7 Å². The van der Waals surface area contributed by atoms with Crippen molar-refractivity contribution in [3.63, 3.8) is 0 Å². The first-order valence-corrected chi connectivity index (χ1v) is 6.23. The van der Waals surface area contributed by atoms with E-state index in [2.05, 4.69) is 10.6 Å². The van der Waals surface area contributed by atoms with Crippen LogP contribution in [0, 0.1) is 0 Å². The Bertz CT molecular complexity index is 242. The maximum atomic E-state index is 11.3. The summed E-state index contributed by atoms with van der Waals surface area (Å²) < 4.78 is 0. The van der Waals surface area contributed by atoms with Crippen LogP contribution in [0.3, 0.4) is 0 Å². The summed E-state index contributed by atoms with van der Waals surface area (Å²) in [7, 11) is 0. The van der Waals surface area contributed by atoms with Crippen LogP contribution in [0.4, 0.5) is 0 Å². The number of aliphatic carboxylic acids is 1. The van der Waals surface area contributed by atoms with E-state index in [9.17, 15) is 9.59 Å². The highest BCUT2D eigenvalue weighted by molar-refractivity contribution is 5.76. The van der Waals surface area contributed by atoms with Gasteiger partial charge in [0.05, 0.1) is 0 Å². The van der Waals surface area contributed by atoms with E-state index in [1.165, 1.54) is 0 Å². The number of carbonyl (C=O) groups is 2. The number of unbranched alkanes of at least 4 members (excludes halogenated alkanes) is 1. The molecule has 100 valence electrons. The average molecular weight is 244 g/mol. The summed E-state index contributed by atoms with van der Waals surface area (Å²) in [6.07, 6.45) is 2.77. The quantitative estimate of drug-likeness (QED) is 0.568. The predicted octanol–water partition coefficient (Wildman–Crippen LogP) is 1.13. The van der Waals surface area contributed by atoms with Crippen LogP contribution >= 0.6 is 0 Å². The van der Waals surface area contributed by atoms with Crippen molar-refractivity contribution >= 4 is 11.9 Å². The Balaban J connectivity index is 3.81. The highest BCUT2D eigenvalue weighted by Gasteiger charge is 2.15. The maximum absolute atomic E-state index is 11.3. The topological polar surface area (TPSA) is 78.4 Å². The molecule has 0 aromatic carbocycles. The lowest BCUT2D eigenvalue weighted by Gasteiger charge is -2.14. The number of rotatable bonds is 9. The zero-order chi connectivity index (χ0) is 13.3. The summed E-state index contributed by atoms with van der Waals surface area (Å²) >= 11 is 0. The monoisotopic (exact) mass is 244 g/mol. The van der Waals surface area contributed by atoms with Gasteiger partial charge in [-0.2, -0.15) is 0 Å². The van der Waals surface area contributed by atoms with E-state index >= 15 is 0 Å². The molecule has 3 N–H and O–H groups in total. The summed E-state index contributed by atoms with van der Waals surface area (Å²) in [4.78, 5) is 22.2. The lowest BCUT2D eigenvalue weighted by molar-refractivity contribution is -0.139. The van der Waals surface area contributed by atoms with Gasteiger partial charge in [-0.3, -0.25) is 9.59 Å². The second kappa shape index (κ2) is 8.98. The molecular formula is C12H24N2O3. The van der Waals surface area contributed by atoms with Crippen LogP contribution in [0.5, 0.6) is 0 Å². The minimum atomic E-state index is -0.845. The molecule has 0 heterocycles. The summed E-state index contributed by atoms with van der Waals surface area (Å²) in [5, 5.41) is 14.6. The first kappa shape index (κ1) is 15.9. The Morgan fingerprint density at radius 1 is 1.29 bits per heavy atom. The predicted molar refractivity (Wildman–Crippen MR) is 66.8 cm³/mol. The molecule has 0 aromatic heterocycles. The van der Waals surface area contributed by atoms with Crippen LogP contribution in [0.1, 0.15) is 46.5 Å². The zero-order valence-corrected chi connectivity index (χ0v) is 11.0. The second-order valence-electron chi connectivity index (χ2n) is 4.46. The molecule has 0 aromatic rings. The van der Waals surface area contributed by atoms with Gasteiger partial charge >= 0.3 is 5.97 Å². The van der Waals surface area contributed by atoms with E-state index in [0.29, 0.717) is 19.4 Å². The van der Waals surface area contributed by atoms with Crippen LogP contribution in [-0.4, -0.2) is 35.6 Å². The third-order valence-corrected chi connectivity index (χ3v) is 2.34. The molecule has 5 heteroatoms. The third-order valence-electron chi connectivity index (χ3n) is 2.34. The number of carbonyl (C=O) groups excluding carboxylic acids is 1. The van der Waals surface area contributed by atoms with Crippen molar-refractivity contribution in [2.45, 2.75) is 58.5 Å². The number of hydrogen-bond donors (Lipinski definition) is 3. The highest BCUT2D eigenvalue weighted by Crippen LogP contribution is 2.00. The van der Waals surface area contributed by atoms with E-state index in [0.717, 1.165) is 12.8 Å². The van der Waals surface area contributed by atoms with Gasteiger partial charge in [-0.1, -0.05) is 19.8 Å². The van der Waals surface area contributed by atoms with Crippen molar-refractivity contribution in [3.05, 3.63) is 0 Å². The molecule has 0 aliphatic rings. The minimum Gasteiger partial charge on any atom is -0.480 e. The summed E-state index contributed by atoms with van der Waals surface area (Å²) in [5.74, 6) is -0.894. The molecule has 5 nitrogen and oxygen atoms in total. The molecule has 1 atom stereocenters. The van der Waals surface area contributed by atoms with Gasteiger partial charge in [-0.05, 0) is 20.3 Å². The standard InChI is InChI=1S/C12H24N2O3/c1-4-5-6-10(12(16)17)13-8-7-11(15)14-9(2)3/h9-10,13H,4-8H2,1-3H3,(H,14,15)(H,16,17). The van der Waals surface area contributed by atoms with Gasteiger partial charge in [0.25, 0.3) is 0 Å². The molecule has 0 spiro atoms. The molecule has 0 fully saturated rings. The summed E-state index contributed by atoms with van der Waals surface area (Å²) in [5.41, 5.74) is 0. The van der Waals surface area contributed by atoms with Crippen molar-refractivity contribution in [1.82, 2.24) is 10.6 Å². The van der Waals surface area contributed by atoms with E-state index in [4.69, 9.17) is 5.11 Å². The van der Waals surface area contributed by atoms with E-state index in [-0.39, 0.29) is 11.9 Å². The molecule has 0 saturated carbocycles. The fraction of sp³-hybridized carbons (Fsp3) is 0.833. The Hall–Kier alpha value is -1.10. The van der Waals surface area contributed by atoms with Crippen LogP contribution in [0.2, 0.25) is 0 Å². The summed E-state index contributed by atoms with van der Waals surface area (Å²) in [6.45, 7) is 6.22. The second-order valence-corrected chi connectivity index (χ2v) is 4.46. The first-order valence-electron chi connectivity index (χ1n) is 6.23. The number of carboxylic acids is 1. The van der Waals surface area contributed by atoms with E-state index in [1.54, 1.807) is 0 Å². The minimum absolute atomic E-state index is 0.0490. The molecule has 0 bridgehead atoms. The van der Waals surface area contributed by atoms with Crippen LogP contribution in [-0.2, 0) is 9.59 Å². The molecule has 0 aliphatic carbocycles. The zero-order valence-electron chi connectivity index (χ0n) is 11.0. The Labute approximate surface area is 103 Å². The lowest BCUT2D eigenvalue weighted by atomic mass is 10.1. The van der Waals surface area contributed by atoms with Gasteiger partial charge in [0.1, 0.15) is 6.04 Å². The maximum Gasteiger partial charge on any atom is 0.320 e. The Morgan fingerprint density at radius 3 is 2.41 bits per heavy atom. The largest absolute Gasteiger partial charge is 0.480 e. The van der Waals surface area contributed by atoms with Crippen LogP contribution in [0.25, 0.3) is 0 Å². The number of amides is 1. The average Bonchev–Trinajstić information content (AvgIpc) is 2.21. The molecule has 0 saturated heterocycles. The smallest absolute Gasteiger partial charge is 0.320 e. The fourth-order valence-electron chi connectivity index (χ4n) is 1.48. The van der Waals surface area contributed by atoms with Crippen molar-refractivity contribution in [2.75, 3.05) is 6.54 Å². The number of carboxylic acid groups (broad SMARTS) is 1. The van der Waals surface area contributed by atoms with Crippen molar-refractivity contribution in [3.8, 4) is 0 Å². The van der Waals surface area contributed by atoms with Crippen LogP contribution < -0.4 is 10.6 Å². The van der Waals surface area contributed by atoms with E-state index in [1.807, 2.05) is 20.8 Å². The summed E-state index contributed by atoms with van der Waals surface area (Å²) in [6, 6.07) is -0.417. The van der Waals surface area contributed by atoms with Gasteiger partial charge in [0.15, 0.2) is 0 Å². The van der Waals surface area contributed by atoms with Crippen LogP contribution in [0.15, 0.2) is 0 Å². The van der Waals surface area contributed by atoms with Gasteiger partial charge in [-0.25, -0.2) is 0 Å². The molecule has 0 aliphatic heterocycles. The van der Waals surface area contributed by atoms with Gasteiger partial charge in [0, 0.05) is 19.0 Å². The van der Waals surface area contributed by atoms with Gasteiger partial charge in [0.2, 0.25) is 5.91 Å². The van der Waals surface area contributed by atoms with Crippen molar-refractivity contribution in [1.29, 1.82) is 0 Å². The Morgan fingerprint density at radius 2 is 1.94 bits per heavy atom. The van der Waals surface area contributed by atoms with Gasteiger partial charge in [-0.15, -0.1) is 0 Å². The molecule has 1 amide bonds. The highest BCUT2D eigenvalue weighted by atomic mass is 16.4. The third kappa shape index (κ3) is 8.68. The Kier molecular flexibility index (Phi) is 8.40. The number of nitrogens with one attached hydrogen (secondary N) is 2. The normalized spacial score (nSPS) is 12.5. The van der Waals surface area contributed by atoms with Crippen molar-refractivity contribution in [2.24, 2.45) is 0 Å². The molecule has 0 rings (SSSR count). The van der Waals surface area contributed by atoms with E-state index < -0.39 is 12.0 Å². The lowest BCUT2D eigenvalue weighted by Crippen LogP contribution is -2.39. The SMILES string of the molecule is CCCCC(NCCC(=O)NC(C)C)C(=O)O. The molecule has 1 unspecified atom stereocenters. The number of hydrogen-bond acceptors (Lipinski definition) is 3. The fourth-order valence-corrected chi connectivity index (χ4v) is 1.48. The first-order chi connectivity index (χ1) is 7.97. The molecule has 0 radical (unpaired) electrons. The molecule has 17 heavy (non-hydrogen) atoms. The van der Waals surface area contributed by atoms with Gasteiger partial charge < -0.3 is 15.7 Å².